The van der Waals surface area contributed by atoms with Crippen molar-refractivity contribution in [1.29, 1.82) is 0 Å². The predicted octanol–water partition coefficient (Wildman–Crippen LogP) is -13.8. The van der Waals surface area contributed by atoms with E-state index < -0.39 is 268 Å². The van der Waals surface area contributed by atoms with E-state index in [4.69, 9.17) is 51.9 Å². The molecule has 534 valence electrons. The Kier molecular flexibility index (Phi) is 26.0. The van der Waals surface area contributed by atoms with Gasteiger partial charge in [-0.15, -0.1) is 0 Å². The molecule has 0 aromatic carbocycles. The number of methoxy groups -OCH3 is 1. The number of aliphatic hydroxyl groups is 6. The Morgan fingerprint density at radius 3 is 1.13 bits per heavy atom. The van der Waals surface area contributed by atoms with Crippen molar-refractivity contribution in [3.05, 3.63) is 0 Å². The minimum Gasteiger partial charge on any atom is -0.479 e. The third kappa shape index (κ3) is 22.9. The van der Waals surface area contributed by atoms with E-state index in [1.165, 1.54) is 9.44 Å². The Bertz CT molecular complexity index is 3490. The van der Waals surface area contributed by atoms with Gasteiger partial charge >= 0.3 is 94.8 Å². The van der Waals surface area contributed by atoms with Crippen LogP contribution in [0.25, 0.3) is 0 Å². The molecule has 91 heavy (non-hydrogen) atoms. The van der Waals surface area contributed by atoms with E-state index in [0.717, 1.165) is 11.8 Å². The van der Waals surface area contributed by atoms with E-state index >= 15 is 0 Å². The minimum absolute atomic E-state index is 0.735. The van der Waals surface area contributed by atoms with Crippen molar-refractivity contribution in [3.8, 4) is 0 Å². The van der Waals surface area contributed by atoms with Crippen LogP contribution in [0.3, 0.4) is 0 Å². The molecule has 0 bridgehead atoms. The fourth-order valence-corrected chi connectivity index (χ4v) is 12.7. The van der Waals surface area contributed by atoms with Crippen LogP contribution < -0.4 is 14.2 Å². The van der Waals surface area contributed by atoms with Gasteiger partial charge in [0.1, 0.15) is 104 Å². The second kappa shape index (κ2) is 29.9. The topological polar surface area (TPSA) is 805 Å². The van der Waals surface area contributed by atoms with Gasteiger partial charge in [0.2, 0.25) is 0 Å². The van der Waals surface area contributed by atoms with Crippen molar-refractivity contribution >= 4 is 94.8 Å². The van der Waals surface area contributed by atoms with Crippen LogP contribution in [0.4, 0.5) is 0 Å². The molecule has 5 saturated heterocycles. The summed E-state index contributed by atoms with van der Waals surface area (Å²) in [7, 11) is -45.9. The molecule has 0 aromatic rings. The van der Waals surface area contributed by atoms with Gasteiger partial charge in [-0.25, -0.2) is 30.5 Å². The molecule has 5 fully saturated rings. The predicted molar refractivity (Wildman–Crippen MR) is 262 cm³/mol. The molecule has 52 nitrogen and oxygen atoms in total. The Morgan fingerprint density at radius 2 is 0.703 bits per heavy atom. The van der Waals surface area contributed by atoms with Gasteiger partial charge < -0.3 is 88.2 Å². The maximum Gasteiger partial charge on any atom is 0.397 e. The molecule has 19 N–H and O–H groups in total. The first-order valence-electron chi connectivity index (χ1n) is 23.5. The number of aliphatic hydroxyl groups excluding tert-OH is 6. The number of nitrogens with one attached hydrogen (secondary N) is 3. The van der Waals surface area contributed by atoms with Gasteiger partial charge in [0.15, 0.2) is 49.8 Å². The van der Waals surface area contributed by atoms with Gasteiger partial charge in [-0.1, -0.05) is 0 Å². The summed E-state index contributed by atoms with van der Waals surface area (Å²) < 4.78 is 346. The fourth-order valence-electron chi connectivity index (χ4n) is 8.98. The van der Waals surface area contributed by atoms with E-state index in [-0.39, 0.29) is 0 Å². The average Bonchev–Trinajstić information content (AvgIpc) is 0.767. The van der Waals surface area contributed by atoms with Crippen molar-refractivity contribution < 1.29 is 222 Å². The molecule has 5 rings (SSSR count). The third-order valence-corrected chi connectivity index (χ3v) is 16.4. The smallest absolute Gasteiger partial charge is 0.397 e. The zero-order valence-corrected chi connectivity index (χ0v) is 50.5. The van der Waals surface area contributed by atoms with Gasteiger partial charge in [-0.3, -0.25) is 36.4 Å². The van der Waals surface area contributed by atoms with Gasteiger partial charge in [0.05, 0.1) is 19.8 Å². The minimum atomic E-state index is -6.36. The number of carbonyl (C=O) groups is 2. The van der Waals surface area contributed by atoms with Crippen LogP contribution in [-0.2, 0) is 161 Å². The van der Waals surface area contributed by atoms with E-state index in [2.05, 4.69) is 20.9 Å². The Morgan fingerprint density at radius 1 is 0.352 bits per heavy atom. The number of ether oxygens (including phenoxy) is 10. The fraction of sp³-hybridized carbons (Fsp3) is 0.935. The molecular weight excluding hydrogens is 1450 g/mol. The molecule has 0 radical (unpaired) electrons. The molecule has 0 aliphatic carbocycles. The molecule has 5 aliphatic heterocycles. The summed E-state index contributed by atoms with van der Waals surface area (Å²) in [6.45, 7) is -5.06. The molecule has 0 saturated carbocycles. The third-order valence-electron chi connectivity index (χ3n) is 12.4. The number of rotatable bonds is 30. The number of aliphatic carboxylic acids is 2. The monoisotopic (exact) mass is 1510 g/mol. The first-order valence-corrected chi connectivity index (χ1v) is 34.7. The SMILES string of the molecule is CO[C@H]1O[C@H](COS(=O)(=O)O)[C@@H](O[C@@H]2O[C@H](C(=O)O)[C@@H](O[C@@H]3O[C@@H](COS(=O)(=O)O)C(O[C@@H]4O[C@H](C(=O)O)[C@@H](O[C@H]5O[C@H](COS(=O)(=O)O)[C@@H](O)[C@H](O)[C@H]5NS(=O)(=O)O)[C@H](O)[C@H]4O)[C@@H](OS(=O)(=O)O)[C@@H]3NS(=O)(=O)O)[C@H](O)[C@H]2OS(=O)(=O)O)[C@H](O)[C@H]1NS(=O)(=O)O. The van der Waals surface area contributed by atoms with Crippen LogP contribution in [-0.4, -0.2) is 337 Å². The summed E-state index contributed by atoms with van der Waals surface area (Å²) in [6, 6.07) is -8.17. The lowest BCUT2D eigenvalue weighted by Crippen LogP contribution is -2.71. The maximum atomic E-state index is 13.0. The zero-order chi connectivity index (χ0) is 69.4. The summed E-state index contributed by atoms with van der Waals surface area (Å²) in [6.07, 6.45) is -63.6. The number of carboxylic acids is 2. The Labute approximate surface area is 509 Å². The van der Waals surface area contributed by atoms with Gasteiger partial charge in [0.25, 0.3) is 0 Å². The van der Waals surface area contributed by atoms with Crippen LogP contribution in [0.15, 0.2) is 0 Å². The van der Waals surface area contributed by atoms with Crippen molar-refractivity contribution in [2.24, 2.45) is 0 Å². The van der Waals surface area contributed by atoms with Crippen molar-refractivity contribution in [2.75, 3.05) is 26.9 Å². The highest BCUT2D eigenvalue weighted by Gasteiger charge is 2.61. The zero-order valence-electron chi connectivity index (χ0n) is 43.9. The lowest BCUT2D eigenvalue weighted by molar-refractivity contribution is -0.373. The summed E-state index contributed by atoms with van der Waals surface area (Å²) in [4.78, 5) is 25.8. The van der Waals surface area contributed by atoms with Gasteiger partial charge in [-0.2, -0.15) is 81.5 Å². The van der Waals surface area contributed by atoms with E-state index in [9.17, 15) is 150 Å². The highest BCUT2D eigenvalue weighted by molar-refractivity contribution is 7.84. The quantitative estimate of drug-likeness (QED) is 0.0297. The van der Waals surface area contributed by atoms with E-state index in [0.29, 0.717) is 0 Å². The van der Waals surface area contributed by atoms with Crippen LogP contribution in [0.1, 0.15) is 0 Å². The van der Waals surface area contributed by atoms with Crippen LogP contribution in [0, 0.1) is 0 Å². The molecule has 5 aliphatic rings. The molecule has 0 amide bonds. The van der Waals surface area contributed by atoms with Gasteiger partial charge in [-0.05, 0) is 0 Å². The van der Waals surface area contributed by atoms with Gasteiger partial charge in [0, 0.05) is 7.11 Å². The highest BCUT2D eigenvalue weighted by Crippen LogP contribution is 2.39. The number of carboxylic acid groups (broad SMARTS) is 2. The largest absolute Gasteiger partial charge is 0.479 e. The molecule has 5 heterocycles. The molecular formula is C31H53N3O49S8. The Hall–Kier alpha value is -2.74. The number of hydrogen-bond acceptors (Lipinski definition) is 39. The first kappa shape index (κ1) is 79.0. The summed E-state index contributed by atoms with van der Waals surface area (Å²) in [5, 5.41) is 87.8. The van der Waals surface area contributed by atoms with Crippen molar-refractivity contribution in [1.82, 2.24) is 14.2 Å². The van der Waals surface area contributed by atoms with E-state index in [1.54, 1.807) is 0 Å². The first-order chi connectivity index (χ1) is 41.2. The van der Waals surface area contributed by atoms with Crippen molar-refractivity contribution in [2.45, 2.75) is 153 Å². The molecule has 25 atom stereocenters. The summed E-state index contributed by atoms with van der Waals surface area (Å²) in [5.41, 5.74) is 0. The highest BCUT2D eigenvalue weighted by atomic mass is 32.3. The lowest BCUT2D eigenvalue weighted by Gasteiger charge is -2.50. The summed E-state index contributed by atoms with van der Waals surface area (Å²) in [5.74, 6) is -4.91. The van der Waals surface area contributed by atoms with Crippen LogP contribution in [0.2, 0.25) is 0 Å². The Balaban J connectivity index is 1.60. The molecule has 60 heteroatoms. The van der Waals surface area contributed by atoms with E-state index in [1.807, 2.05) is 0 Å². The molecule has 0 spiro atoms. The van der Waals surface area contributed by atoms with Crippen molar-refractivity contribution in [3.63, 3.8) is 0 Å². The standard InChI is InChI=1S/C31H53N3O49S8/c1-69-27-9(33-85(48,49)50)13(37)17(6(74-27)3-71-88(57,58)59)76-31-22(83-91(66,67)68)16(40)21(24(81-31)26(43)44)79-29-10(34-86(51,52)53)19(82-90(63,64)65)18(7(75-29)4-72-89(60,61)62)77-30-15(39)14(38)20(23(80-30)25(41)42)78-28-8(32-84(45,46)47)12(36)11(35)5(73-28)2-70-87(54,55)56/h5-24,27-40H,2-4H2,1H3,(H,41,42)(H,43,44)(H,45,46,47)(H,48,49,50)(H,51,52,53)(H,54,55,56)(H,57,58,59)(H,60,61,62)(H,63,64,65)(H,66,67,68)/t5-,6-,7+,8-,9-,10+,11-,12-,13-,14-,15-,16+,17-,18?,19+,20+,21+,22-,23+,24+,27+,28-,29+,30-,31-/m1/s1. The summed E-state index contributed by atoms with van der Waals surface area (Å²) >= 11 is 0. The average molecular weight is 1510 g/mol. The number of hydrogen-bond donors (Lipinski definition) is 19. The second-order valence-electron chi connectivity index (χ2n) is 18.7. The molecule has 1 unspecified atom stereocenters. The second-order valence-corrected chi connectivity index (χ2v) is 27.6. The maximum absolute atomic E-state index is 13.0. The normalized spacial score (nSPS) is 38.6. The molecule has 0 aromatic heterocycles. The lowest BCUT2D eigenvalue weighted by atomic mass is 9.94. The van der Waals surface area contributed by atoms with Crippen LogP contribution in [0.5, 0.6) is 0 Å². The van der Waals surface area contributed by atoms with Crippen LogP contribution >= 0.6 is 0 Å².